The summed E-state index contributed by atoms with van der Waals surface area (Å²) in [6.45, 7) is 0.540. The van der Waals surface area contributed by atoms with Crippen LogP contribution in [0.2, 0.25) is 10.0 Å². The van der Waals surface area contributed by atoms with E-state index in [2.05, 4.69) is 4.98 Å². The maximum absolute atomic E-state index is 5.91. The Labute approximate surface area is 115 Å². The molecule has 0 aliphatic heterocycles. The topological polar surface area (TPSA) is 48.1 Å². The van der Waals surface area contributed by atoms with Crippen molar-refractivity contribution in [2.45, 2.75) is 6.42 Å². The molecule has 5 heteroatoms. The molecule has 1 aromatic heterocycles. The lowest BCUT2D eigenvalue weighted by Crippen LogP contribution is -2.04. The fourth-order valence-electron chi connectivity index (χ4n) is 1.56. The van der Waals surface area contributed by atoms with Gasteiger partial charge in [-0.15, -0.1) is 0 Å². The van der Waals surface area contributed by atoms with Gasteiger partial charge in [-0.3, -0.25) is 0 Å². The lowest BCUT2D eigenvalue weighted by Gasteiger charge is -2.09. The molecule has 0 aliphatic carbocycles. The molecule has 0 bridgehead atoms. The van der Waals surface area contributed by atoms with Gasteiger partial charge in [0.15, 0.2) is 0 Å². The van der Waals surface area contributed by atoms with Gasteiger partial charge in [0.05, 0.1) is 0 Å². The zero-order chi connectivity index (χ0) is 13.0. The molecule has 0 atom stereocenters. The van der Waals surface area contributed by atoms with E-state index in [0.717, 1.165) is 5.56 Å². The quantitative estimate of drug-likeness (QED) is 0.931. The van der Waals surface area contributed by atoms with Crippen LogP contribution in [0.4, 0.5) is 0 Å². The monoisotopic (exact) mass is 282 g/mol. The number of halogens is 2. The molecular weight excluding hydrogens is 271 g/mol. The smallest absolute Gasteiger partial charge is 0.222 e. The zero-order valence-corrected chi connectivity index (χ0v) is 11.1. The zero-order valence-electron chi connectivity index (χ0n) is 9.57. The van der Waals surface area contributed by atoms with E-state index < -0.39 is 0 Å². The van der Waals surface area contributed by atoms with Gasteiger partial charge < -0.3 is 10.5 Å². The van der Waals surface area contributed by atoms with Crippen molar-refractivity contribution in [3.63, 3.8) is 0 Å². The largest absolute Gasteiger partial charge is 0.439 e. The van der Waals surface area contributed by atoms with Crippen molar-refractivity contribution in [1.82, 2.24) is 4.98 Å². The Morgan fingerprint density at radius 1 is 1.17 bits per heavy atom. The van der Waals surface area contributed by atoms with Crippen molar-refractivity contribution in [3.05, 3.63) is 52.1 Å². The van der Waals surface area contributed by atoms with Gasteiger partial charge in [0.1, 0.15) is 5.75 Å². The minimum absolute atomic E-state index is 0.522. The highest BCUT2D eigenvalue weighted by Gasteiger charge is 2.06. The summed E-state index contributed by atoms with van der Waals surface area (Å²) in [5, 5.41) is 1.04. The number of ether oxygens (including phenoxy) is 1. The van der Waals surface area contributed by atoms with Crippen LogP contribution in [0.5, 0.6) is 11.6 Å². The molecule has 2 rings (SSSR count). The fraction of sp³-hybridized carbons (Fsp3) is 0.154. The van der Waals surface area contributed by atoms with Crippen LogP contribution in [0.1, 0.15) is 5.56 Å². The molecule has 94 valence electrons. The molecule has 3 nitrogen and oxygen atoms in total. The van der Waals surface area contributed by atoms with Crippen molar-refractivity contribution in [2.24, 2.45) is 5.73 Å². The predicted octanol–water partition coefficient (Wildman–Crippen LogP) is 3.68. The van der Waals surface area contributed by atoms with E-state index in [1.807, 2.05) is 12.1 Å². The number of benzene rings is 1. The minimum atomic E-state index is 0.522. The number of hydrogen-bond acceptors (Lipinski definition) is 3. The summed E-state index contributed by atoms with van der Waals surface area (Å²) in [5.74, 6) is 1.09. The summed E-state index contributed by atoms with van der Waals surface area (Å²) in [6, 6.07) is 8.81. The molecule has 0 saturated carbocycles. The Morgan fingerprint density at radius 3 is 2.56 bits per heavy atom. The number of nitrogens with zero attached hydrogens (tertiary/aromatic N) is 1. The number of pyridine rings is 1. The van der Waals surface area contributed by atoms with Gasteiger partial charge in [-0.25, -0.2) is 4.98 Å². The van der Waals surface area contributed by atoms with Gasteiger partial charge in [0.2, 0.25) is 5.88 Å². The third-order valence-corrected chi connectivity index (χ3v) is 2.75. The van der Waals surface area contributed by atoms with Crippen molar-refractivity contribution < 1.29 is 4.74 Å². The van der Waals surface area contributed by atoms with Crippen LogP contribution in [0.15, 0.2) is 36.5 Å². The second-order valence-corrected chi connectivity index (χ2v) is 4.59. The molecular formula is C13H12Cl2N2O. The second kappa shape index (κ2) is 6.05. The first kappa shape index (κ1) is 13.1. The fourth-order valence-corrected chi connectivity index (χ4v) is 2.07. The standard InChI is InChI=1S/C13H12Cl2N2O/c14-10-6-11(15)8-12(7-10)18-13-9(3-4-16)2-1-5-17-13/h1-2,5-8H,3-4,16H2. The maximum atomic E-state index is 5.91. The molecule has 0 fully saturated rings. The van der Waals surface area contributed by atoms with Crippen LogP contribution < -0.4 is 10.5 Å². The average Bonchev–Trinajstić information content (AvgIpc) is 2.30. The van der Waals surface area contributed by atoms with Crippen LogP contribution in [0.3, 0.4) is 0 Å². The molecule has 1 aromatic carbocycles. The Hall–Kier alpha value is -1.29. The van der Waals surface area contributed by atoms with Crippen molar-refractivity contribution in [3.8, 4) is 11.6 Å². The normalized spacial score (nSPS) is 10.4. The Balaban J connectivity index is 2.27. The van der Waals surface area contributed by atoms with Crippen LogP contribution in [0.25, 0.3) is 0 Å². The van der Waals surface area contributed by atoms with E-state index in [1.54, 1.807) is 24.4 Å². The minimum Gasteiger partial charge on any atom is -0.439 e. The van der Waals surface area contributed by atoms with Crippen LogP contribution in [0, 0.1) is 0 Å². The van der Waals surface area contributed by atoms with Gasteiger partial charge in [-0.2, -0.15) is 0 Å². The molecule has 0 unspecified atom stereocenters. The van der Waals surface area contributed by atoms with Gasteiger partial charge >= 0.3 is 0 Å². The SMILES string of the molecule is NCCc1cccnc1Oc1cc(Cl)cc(Cl)c1. The molecule has 0 radical (unpaired) electrons. The molecule has 2 N–H and O–H groups in total. The summed E-state index contributed by atoms with van der Waals surface area (Å²) in [4.78, 5) is 4.19. The third kappa shape index (κ3) is 3.35. The molecule has 1 heterocycles. The predicted molar refractivity (Wildman–Crippen MR) is 73.5 cm³/mol. The number of hydrogen-bond donors (Lipinski definition) is 1. The number of aromatic nitrogens is 1. The first-order chi connectivity index (χ1) is 8.69. The van der Waals surface area contributed by atoms with Crippen molar-refractivity contribution >= 4 is 23.2 Å². The van der Waals surface area contributed by atoms with Gasteiger partial charge in [-0.05, 0) is 37.2 Å². The lowest BCUT2D eigenvalue weighted by atomic mass is 10.2. The highest BCUT2D eigenvalue weighted by Crippen LogP contribution is 2.28. The van der Waals surface area contributed by atoms with Crippen LogP contribution >= 0.6 is 23.2 Å². The Morgan fingerprint density at radius 2 is 1.89 bits per heavy atom. The van der Waals surface area contributed by atoms with Crippen LogP contribution in [-0.4, -0.2) is 11.5 Å². The Bertz CT molecular complexity index is 526. The number of nitrogens with two attached hydrogens (primary N) is 1. The molecule has 2 aromatic rings. The highest BCUT2D eigenvalue weighted by molar-refractivity contribution is 6.34. The third-order valence-electron chi connectivity index (χ3n) is 2.31. The van der Waals surface area contributed by atoms with Crippen molar-refractivity contribution in [1.29, 1.82) is 0 Å². The summed E-state index contributed by atoms with van der Waals surface area (Å²) in [7, 11) is 0. The highest BCUT2D eigenvalue weighted by atomic mass is 35.5. The molecule has 18 heavy (non-hydrogen) atoms. The first-order valence-corrected chi connectivity index (χ1v) is 6.22. The van der Waals surface area contributed by atoms with Gasteiger partial charge in [-0.1, -0.05) is 29.3 Å². The molecule has 0 amide bonds. The van der Waals surface area contributed by atoms with E-state index >= 15 is 0 Å². The summed E-state index contributed by atoms with van der Waals surface area (Å²) in [5.41, 5.74) is 6.50. The van der Waals surface area contributed by atoms with E-state index in [0.29, 0.717) is 34.6 Å². The second-order valence-electron chi connectivity index (χ2n) is 3.71. The lowest BCUT2D eigenvalue weighted by molar-refractivity contribution is 0.456. The van der Waals surface area contributed by atoms with Crippen LogP contribution in [-0.2, 0) is 6.42 Å². The maximum Gasteiger partial charge on any atom is 0.222 e. The summed E-state index contributed by atoms with van der Waals surface area (Å²) >= 11 is 11.8. The molecule has 0 saturated heterocycles. The summed E-state index contributed by atoms with van der Waals surface area (Å²) in [6.07, 6.45) is 2.37. The van der Waals surface area contributed by atoms with Gasteiger partial charge in [0.25, 0.3) is 0 Å². The number of rotatable bonds is 4. The van der Waals surface area contributed by atoms with Gasteiger partial charge in [0, 0.05) is 21.8 Å². The average molecular weight is 283 g/mol. The van der Waals surface area contributed by atoms with E-state index in [1.165, 1.54) is 0 Å². The first-order valence-electron chi connectivity index (χ1n) is 5.47. The van der Waals surface area contributed by atoms with E-state index in [9.17, 15) is 0 Å². The molecule has 0 aliphatic rings. The van der Waals surface area contributed by atoms with Crippen molar-refractivity contribution in [2.75, 3.05) is 6.54 Å². The van der Waals surface area contributed by atoms with E-state index in [-0.39, 0.29) is 0 Å². The van der Waals surface area contributed by atoms with E-state index in [4.69, 9.17) is 33.7 Å². The summed E-state index contributed by atoms with van der Waals surface area (Å²) < 4.78 is 5.69. The Kier molecular flexibility index (Phi) is 4.42. The molecule has 0 spiro atoms.